The molecule has 13 heavy (non-hydrogen) atoms. The molecule has 0 spiro atoms. The van der Waals surface area contributed by atoms with Crippen LogP contribution in [0, 0.1) is 11.3 Å². The van der Waals surface area contributed by atoms with Crippen molar-refractivity contribution < 1.29 is 8.78 Å². The van der Waals surface area contributed by atoms with Crippen LogP contribution in [0.1, 0.15) is 27.2 Å². The van der Waals surface area contributed by atoms with E-state index in [0.29, 0.717) is 11.3 Å². The molecule has 0 aromatic rings. The number of hydrogen-bond acceptors (Lipinski definition) is 1. The summed E-state index contributed by atoms with van der Waals surface area (Å²) in [6.45, 7) is 8.28. The van der Waals surface area contributed by atoms with E-state index in [1.807, 2.05) is 4.90 Å². The van der Waals surface area contributed by atoms with E-state index in [2.05, 4.69) is 20.8 Å². The van der Waals surface area contributed by atoms with Crippen molar-refractivity contribution in [1.82, 2.24) is 4.90 Å². The summed E-state index contributed by atoms with van der Waals surface area (Å²) in [4.78, 5) is 1.83. The molecule has 0 bridgehead atoms. The maximum Gasteiger partial charge on any atom is 0.251 e. The first-order valence-corrected chi connectivity index (χ1v) is 4.87. The molecule has 0 radical (unpaired) electrons. The van der Waals surface area contributed by atoms with Crippen LogP contribution in [0.25, 0.3) is 0 Å². The minimum Gasteiger partial charge on any atom is -0.297 e. The van der Waals surface area contributed by atoms with Crippen molar-refractivity contribution in [2.45, 2.75) is 33.6 Å². The lowest BCUT2D eigenvalue weighted by Gasteiger charge is -2.41. The molecule has 0 aromatic heterocycles. The van der Waals surface area contributed by atoms with Gasteiger partial charge in [-0.15, -0.1) is 0 Å². The molecule has 0 amide bonds. The van der Waals surface area contributed by atoms with Crippen LogP contribution in [0.5, 0.6) is 0 Å². The maximum absolute atomic E-state index is 11.9. The van der Waals surface area contributed by atoms with Crippen LogP contribution in [0.3, 0.4) is 0 Å². The van der Waals surface area contributed by atoms with Crippen LogP contribution < -0.4 is 0 Å². The zero-order valence-corrected chi connectivity index (χ0v) is 8.69. The van der Waals surface area contributed by atoms with Crippen LogP contribution in [-0.4, -0.2) is 31.0 Å². The molecular formula is C10H19F2N. The van der Waals surface area contributed by atoms with Crippen LogP contribution in [-0.2, 0) is 0 Å². The van der Waals surface area contributed by atoms with E-state index in [-0.39, 0.29) is 6.54 Å². The van der Waals surface area contributed by atoms with Gasteiger partial charge in [0.2, 0.25) is 0 Å². The first-order chi connectivity index (χ1) is 5.87. The normalized spacial score (nSPS) is 20.8. The van der Waals surface area contributed by atoms with Crippen LogP contribution >= 0.6 is 0 Å². The Balaban J connectivity index is 2.12. The Labute approximate surface area is 79.1 Å². The summed E-state index contributed by atoms with van der Waals surface area (Å²) in [6, 6.07) is 0. The van der Waals surface area contributed by atoms with Gasteiger partial charge in [-0.25, -0.2) is 8.78 Å². The van der Waals surface area contributed by atoms with Crippen LogP contribution in [0.4, 0.5) is 8.78 Å². The lowest BCUT2D eigenvalue weighted by atomic mass is 9.81. The van der Waals surface area contributed by atoms with E-state index in [9.17, 15) is 8.78 Å². The Morgan fingerprint density at radius 3 is 2.23 bits per heavy atom. The molecule has 1 heterocycles. The Kier molecular flexibility index (Phi) is 3.28. The number of alkyl halides is 2. The highest BCUT2D eigenvalue weighted by atomic mass is 19.3. The summed E-state index contributed by atoms with van der Waals surface area (Å²) in [7, 11) is 0. The molecule has 1 aliphatic rings. The minimum absolute atomic E-state index is 0.0410. The quantitative estimate of drug-likeness (QED) is 0.663. The van der Waals surface area contributed by atoms with Crippen molar-refractivity contribution in [3.05, 3.63) is 0 Å². The van der Waals surface area contributed by atoms with Crippen molar-refractivity contribution in [1.29, 1.82) is 0 Å². The first-order valence-electron chi connectivity index (χ1n) is 4.87. The summed E-state index contributed by atoms with van der Waals surface area (Å²) in [5.74, 6) is 0.638. The largest absolute Gasteiger partial charge is 0.297 e. The molecule has 78 valence electrons. The van der Waals surface area contributed by atoms with Gasteiger partial charge >= 0.3 is 0 Å². The van der Waals surface area contributed by atoms with Gasteiger partial charge in [-0.05, 0) is 17.8 Å². The van der Waals surface area contributed by atoms with Gasteiger partial charge < -0.3 is 0 Å². The van der Waals surface area contributed by atoms with Crippen LogP contribution in [0.2, 0.25) is 0 Å². The topological polar surface area (TPSA) is 3.24 Å². The second-order valence-electron chi connectivity index (χ2n) is 5.24. The predicted molar refractivity (Wildman–Crippen MR) is 50.0 cm³/mol. The zero-order valence-electron chi connectivity index (χ0n) is 8.69. The molecular weight excluding hydrogens is 172 g/mol. The van der Waals surface area contributed by atoms with Gasteiger partial charge in [0.1, 0.15) is 0 Å². The molecule has 1 rings (SSSR count). The molecule has 0 unspecified atom stereocenters. The molecule has 0 atom stereocenters. The lowest BCUT2D eigenvalue weighted by molar-refractivity contribution is 0.0119. The molecule has 0 aromatic carbocycles. The third-order valence-electron chi connectivity index (χ3n) is 2.33. The zero-order chi connectivity index (χ0) is 10.1. The maximum atomic E-state index is 11.9. The van der Waals surface area contributed by atoms with Crippen molar-refractivity contribution in [2.75, 3.05) is 19.6 Å². The molecule has 1 nitrogen and oxygen atoms in total. The second-order valence-corrected chi connectivity index (χ2v) is 5.24. The summed E-state index contributed by atoms with van der Waals surface area (Å²) < 4.78 is 23.9. The molecule has 0 N–H and O–H groups in total. The Hall–Kier alpha value is -0.180. The number of hydrogen-bond donors (Lipinski definition) is 0. The molecule has 1 aliphatic heterocycles. The summed E-state index contributed by atoms with van der Waals surface area (Å²) in [5, 5.41) is 0. The van der Waals surface area contributed by atoms with Crippen molar-refractivity contribution >= 4 is 0 Å². The summed E-state index contributed by atoms with van der Waals surface area (Å²) in [5.41, 5.74) is 0.335. The third kappa shape index (κ3) is 4.03. The van der Waals surface area contributed by atoms with Crippen molar-refractivity contribution in [2.24, 2.45) is 11.3 Å². The number of rotatable bonds is 3. The predicted octanol–water partition coefficient (Wildman–Crippen LogP) is 2.62. The number of nitrogens with zero attached hydrogens (tertiary/aromatic N) is 1. The van der Waals surface area contributed by atoms with E-state index in [1.54, 1.807) is 0 Å². The van der Waals surface area contributed by atoms with Crippen molar-refractivity contribution in [3.63, 3.8) is 0 Å². The number of likely N-dealkylation sites (tertiary alicyclic amines) is 1. The summed E-state index contributed by atoms with van der Waals surface area (Å²) in [6.07, 6.45) is -1.03. The highest BCUT2D eigenvalue weighted by molar-refractivity contribution is 4.83. The first kappa shape index (κ1) is 10.9. The summed E-state index contributed by atoms with van der Waals surface area (Å²) >= 11 is 0. The molecule has 1 fully saturated rings. The average Bonchev–Trinajstić information content (AvgIpc) is 1.78. The van der Waals surface area contributed by atoms with Gasteiger partial charge in [-0.2, -0.15) is 0 Å². The van der Waals surface area contributed by atoms with Gasteiger partial charge in [0.25, 0.3) is 6.43 Å². The molecule has 3 heteroatoms. The SMILES string of the molecule is CC(C)(C)CC1CN(CC(F)F)C1. The molecule has 0 saturated carbocycles. The van der Waals surface area contributed by atoms with E-state index in [0.717, 1.165) is 19.5 Å². The van der Waals surface area contributed by atoms with Gasteiger partial charge in [0, 0.05) is 13.1 Å². The van der Waals surface area contributed by atoms with E-state index in [4.69, 9.17) is 0 Å². The monoisotopic (exact) mass is 191 g/mol. The lowest BCUT2D eigenvalue weighted by Crippen LogP contribution is -2.49. The Morgan fingerprint density at radius 2 is 1.85 bits per heavy atom. The fraction of sp³-hybridized carbons (Fsp3) is 1.00. The Bertz CT molecular complexity index is 157. The third-order valence-corrected chi connectivity index (χ3v) is 2.33. The highest BCUT2D eigenvalue weighted by Crippen LogP contribution is 2.30. The Morgan fingerprint density at radius 1 is 1.31 bits per heavy atom. The van der Waals surface area contributed by atoms with E-state index < -0.39 is 6.43 Å². The standard InChI is InChI=1S/C10H19F2N/c1-10(2,3)4-8-5-13(6-8)7-9(11)12/h8-9H,4-7H2,1-3H3. The van der Waals surface area contributed by atoms with E-state index >= 15 is 0 Å². The van der Waals surface area contributed by atoms with Crippen LogP contribution in [0.15, 0.2) is 0 Å². The minimum atomic E-state index is -2.17. The average molecular weight is 191 g/mol. The van der Waals surface area contributed by atoms with Gasteiger partial charge in [-0.1, -0.05) is 20.8 Å². The highest BCUT2D eigenvalue weighted by Gasteiger charge is 2.31. The fourth-order valence-corrected chi connectivity index (χ4v) is 2.02. The second kappa shape index (κ2) is 3.91. The van der Waals surface area contributed by atoms with Gasteiger partial charge in [-0.3, -0.25) is 4.90 Å². The smallest absolute Gasteiger partial charge is 0.251 e. The van der Waals surface area contributed by atoms with Crippen molar-refractivity contribution in [3.8, 4) is 0 Å². The van der Waals surface area contributed by atoms with E-state index in [1.165, 1.54) is 0 Å². The number of halogens is 2. The molecule has 0 aliphatic carbocycles. The fourth-order valence-electron chi connectivity index (χ4n) is 2.02. The van der Waals surface area contributed by atoms with Gasteiger partial charge in [0.05, 0.1) is 6.54 Å². The van der Waals surface area contributed by atoms with Gasteiger partial charge in [0.15, 0.2) is 0 Å². The molecule has 1 saturated heterocycles.